The first-order chi connectivity index (χ1) is 9.60. The number of hydrogen-bond acceptors (Lipinski definition) is 5. The van der Waals surface area contributed by atoms with Crippen molar-refractivity contribution in [1.82, 2.24) is 4.98 Å². The van der Waals surface area contributed by atoms with Crippen molar-refractivity contribution in [2.75, 3.05) is 44.1 Å². The number of methoxy groups -OCH3 is 2. The molecule has 0 amide bonds. The second-order valence-electron chi connectivity index (χ2n) is 4.61. The molecular weight excluding hydrogens is 301 g/mol. The van der Waals surface area contributed by atoms with E-state index in [0.29, 0.717) is 34.8 Å². The molecule has 7 heteroatoms. The summed E-state index contributed by atoms with van der Waals surface area (Å²) in [6, 6.07) is 1.71. The summed E-state index contributed by atoms with van der Waals surface area (Å²) in [4.78, 5) is 6.58. The molecule has 1 aliphatic rings. The second kappa shape index (κ2) is 6.80. The van der Waals surface area contributed by atoms with Crippen LogP contribution in [0.3, 0.4) is 0 Å². The van der Waals surface area contributed by atoms with Crippen LogP contribution >= 0.6 is 23.2 Å². The molecule has 1 fully saturated rings. The number of ether oxygens (including phenoxy) is 2. The van der Waals surface area contributed by atoms with Gasteiger partial charge < -0.3 is 19.7 Å². The highest BCUT2D eigenvalue weighted by Crippen LogP contribution is 2.33. The van der Waals surface area contributed by atoms with Gasteiger partial charge in [-0.15, -0.1) is 0 Å². The average Bonchev–Trinajstić information content (AvgIpc) is 2.85. The van der Waals surface area contributed by atoms with Gasteiger partial charge in [0.2, 0.25) is 0 Å². The van der Waals surface area contributed by atoms with Gasteiger partial charge in [0.15, 0.2) is 0 Å². The lowest BCUT2D eigenvalue weighted by Gasteiger charge is -2.20. The van der Waals surface area contributed by atoms with Crippen molar-refractivity contribution in [3.63, 3.8) is 0 Å². The van der Waals surface area contributed by atoms with Gasteiger partial charge in [-0.2, -0.15) is 0 Å². The van der Waals surface area contributed by atoms with Crippen LogP contribution in [0.2, 0.25) is 10.0 Å². The van der Waals surface area contributed by atoms with Crippen LogP contribution in [0.25, 0.3) is 0 Å². The molecule has 0 saturated carbocycles. The molecule has 1 aromatic rings. The molecular formula is C13H19Cl2N3O2. The summed E-state index contributed by atoms with van der Waals surface area (Å²) in [5, 5.41) is 4.18. The van der Waals surface area contributed by atoms with Crippen molar-refractivity contribution < 1.29 is 9.47 Å². The lowest BCUT2D eigenvalue weighted by atomic mass is 10.3. The minimum Gasteiger partial charge on any atom is -0.377 e. The molecule has 0 aliphatic carbocycles. The fourth-order valence-corrected chi connectivity index (χ4v) is 2.88. The van der Waals surface area contributed by atoms with Gasteiger partial charge in [-0.05, 0) is 13.0 Å². The maximum Gasteiger partial charge on any atom is 0.150 e. The molecule has 1 saturated heterocycles. The lowest BCUT2D eigenvalue weighted by Crippen LogP contribution is -2.27. The lowest BCUT2D eigenvalue weighted by molar-refractivity contribution is -0.00461. The van der Waals surface area contributed by atoms with Crippen LogP contribution in [0.4, 0.5) is 11.6 Å². The van der Waals surface area contributed by atoms with Crippen LogP contribution in [0.5, 0.6) is 0 Å². The Morgan fingerprint density at radius 3 is 2.35 bits per heavy atom. The molecule has 2 unspecified atom stereocenters. The summed E-state index contributed by atoms with van der Waals surface area (Å²) in [6.45, 7) is 4.11. The van der Waals surface area contributed by atoms with Crippen LogP contribution in [-0.4, -0.2) is 51.0 Å². The fraction of sp³-hybridized carbons (Fsp3) is 0.615. The van der Waals surface area contributed by atoms with Gasteiger partial charge in [0.1, 0.15) is 23.8 Å². The quantitative estimate of drug-likeness (QED) is 0.904. The summed E-state index contributed by atoms with van der Waals surface area (Å²) in [5.74, 6) is 1.34. The van der Waals surface area contributed by atoms with Gasteiger partial charge in [-0.3, -0.25) is 0 Å². The van der Waals surface area contributed by atoms with E-state index in [-0.39, 0.29) is 12.2 Å². The van der Waals surface area contributed by atoms with Gasteiger partial charge in [-0.1, -0.05) is 23.2 Å². The standard InChI is InChI=1S/C13H19Cl2N3O2/c1-4-16-12-8(14)5-9(15)13(17-12)18-6-10(19-2)11(7-18)20-3/h5,10-11H,4,6-7H2,1-3H3,(H,16,17). The first-order valence-corrected chi connectivity index (χ1v) is 7.26. The predicted molar refractivity (Wildman–Crippen MR) is 82.2 cm³/mol. The van der Waals surface area contributed by atoms with Crippen LogP contribution in [0, 0.1) is 0 Å². The number of hydrogen-bond donors (Lipinski definition) is 1. The first-order valence-electron chi connectivity index (χ1n) is 6.51. The van der Waals surface area contributed by atoms with Crippen LogP contribution < -0.4 is 10.2 Å². The van der Waals surface area contributed by atoms with Crippen molar-refractivity contribution in [2.24, 2.45) is 0 Å². The molecule has 1 aromatic heterocycles. The monoisotopic (exact) mass is 319 g/mol. The van der Waals surface area contributed by atoms with E-state index in [1.165, 1.54) is 0 Å². The number of pyridine rings is 1. The Labute approximate surface area is 129 Å². The van der Waals surface area contributed by atoms with E-state index in [2.05, 4.69) is 15.2 Å². The summed E-state index contributed by atoms with van der Waals surface area (Å²) in [6.07, 6.45) is 0.0206. The Balaban J connectivity index is 2.26. The van der Waals surface area contributed by atoms with Gasteiger partial charge in [-0.25, -0.2) is 4.98 Å². The highest BCUT2D eigenvalue weighted by molar-refractivity contribution is 6.37. The predicted octanol–water partition coefficient (Wildman–Crippen LogP) is 2.67. The molecule has 20 heavy (non-hydrogen) atoms. The minimum absolute atomic E-state index is 0.0103. The Morgan fingerprint density at radius 1 is 1.25 bits per heavy atom. The Hall–Kier alpha value is -0.750. The summed E-state index contributed by atoms with van der Waals surface area (Å²) in [5.41, 5.74) is 0. The number of nitrogens with zero attached hydrogens (tertiary/aromatic N) is 2. The number of anilines is 2. The number of rotatable bonds is 5. The highest BCUT2D eigenvalue weighted by Gasteiger charge is 2.34. The Bertz CT molecular complexity index is 461. The molecule has 1 N–H and O–H groups in total. The molecule has 2 rings (SSSR count). The van der Waals surface area contributed by atoms with Crippen molar-refractivity contribution in [1.29, 1.82) is 0 Å². The maximum atomic E-state index is 6.27. The molecule has 0 spiro atoms. The van der Waals surface area contributed by atoms with Crippen molar-refractivity contribution in [3.05, 3.63) is 16.1 Å². The summed E-state index contributed by atoms with van der Waals surface area (Å²) < 4.78 is 10.9. The normalized spacial score (nSPS) is 22.4. The van der Waals surface area contributed by atoms with E-state index in [1.54, 1.807) is 20.3 Å². The molecule has 5 nitrogen and oxygen atoms in total. The zero-order valence-electron chi connectivity index (χ0n) is 11.8. The van der Waals surface area contributed by atoms with Gasteiger partial charge in [0.25, 0.3) is 0 Å². The zero-order chi connectivity index (χ0) is 14.7. The fourth-order valence-electron chi connectivity index (χ4n) is 2.34. The van der Waals surface area contributed by atoms with Crippen LogP contribution in [0.15, 0.2) is 6.07 Å². The molecule has 0 aromatic carbocycles. The summed E-state index contributed by atoms with van der Waals surface area (Å²) >= 11 is 12.4. The van der Waals surface area contributed by atoms with Crippen molar-refractivity contribution in [3.8, 4) is 0 Å². The highest BCUT2D eigenvalue weighted by atomic mass is 35.5. The maximum absolute atomic E-state index is 6.27. The topological polar surface area (TPSA) is 46.6 Å². The molecule has 0 bridgehead atoms. The Kier molecular flexibility index (Phi) is 5.32. The van der Waals surface area contributed by atoms with E-state index >= 15 is 0 Å². The number of nitrogens with one attached hydrogen (secondary N) is 1. The third kappa shape index (κ3) is 3.11. The zero-order valence-corrected chi connectivity index (χ0v) is 13.3. The third-order valence-electron chi connectivity index (χ3n) is 3.38. The second-order valence-corrected chi connectivity index (χ2v) is 5.42. The number of aromatic nitrogens is 1. The van der Waals surface area contributed by atoms with Gasteiger partial charge >= 0.3 is 0 Å². The average molecular weight is 320 g/mol. The number of halogens is 2. The van der Waals surface area contributed by atoms with Crippen molar-refractivity contribution >= 4 is 34.8 Å². The Morgan fingerprint density at radius 2 is 1.85 bits per heavy atom. The van der Waals surface area contributed by atoms with Gasteiger partial charge in [0, 0.05) is 33.9 Å². The molecule has 112 valence electrons. The van der Waals surface area contributed by atoms with E-state index < -0.39 is 0 Å². The third-order valence-corrected chi connectivity index (χ3v) is 3.94. The molecule has 2 heterocycles. The molecule has 2 atom stereocenters. The van der Waals surface area contributed by atoms with E-state index in [1.807, 2.05) is 6.92 Å². The van der Waals surface area contributed by atoms with E-state index in [4.69, 9.17) is 32.7 Å². The van der Waals surface area contributed by atoms with Gasteiger partial charge in [0.05, 0.1) is 10.0 Å². The SMILES string of the molecule is CCNc1nc(N2CC(OC)C(OC)C2)c(Cl)cc1Cl. The van der Waals surface area contributed by atoms with Crippen LogP contribution in [0.1, 0.15) is 6.92 Å². The minimum atomic E-state index is 0.0103. The largest absolute Gasteiger partial charge is 0.377 e. The van der Waals surface area contributed by atoms with E-state index in [0.717, 1.165) is 6.54 Å². The van der Waals surface area contributed by atoms with Crippen molar-refractivity contribution in [2.45, 2.75) is 19.1 Å². The first kappa shape index (κ1) is 15.6. The summed E-state index contributed by atoms with van der Waals surface area (Å²) in [7, 11) is 3.36. The van der Waals surface area contributed by atoms with Crippen LogP contribution in [-0.2, 0) is 9.47 Å². The smallest absolute Gasteiger partial charge is 0.150 e. The molecule has 1 aliphatic heterocycles. The molecule has 0 radical (unpaired) electrons. The van der Waals surface area contributed by atoms with E-state index in [9.17, 15) is 0 Å².